The highest BCUT2D eigenvalue weighted by Crippen LogP contribution is 2.42. The second-order valence-corrected chi connectivity index (χ2v) is 8.05. The Morgan fingerprint density at radius 1 is 1.06 bits per heavy atom. The Balaban J connectivity index is 2.21. The van der Waals surface area contributed by atoms with Crippen molar-refractivity contribution in [3.8, 4) is 22.5 Å². The van der Waals surface area contributed by atoms with Crippen molar-refractivity contribution >= 4 is 22.6 Å². The summed E-state index contributed by atoms with van der Waals surface area (Å²) in [4.78, 5) is 14.0. The van der Waals surface area contributed by atoms with Gasteiger partial charge in [0.05, 0.1) is 11.6 Å². The average molecular weight is 416 g/mol. The normalized spacial score (nSPS) is 12.3. The summed E-state index contributed by atoms with van der Waals surface area (Å²) in [5.74, 6) is -0.207. The molecule has 2 aromatic carbocycles. The smallest absolute Gasteiger partial charge is 0.336 e. The summed E-state index contributed by atoms with van der Waals surface area (Å²) >= 11 is 0. The fourth-order valence-corrected chi connectivity index (χ4v) is 4.06. The van der Waals surface area contributed by atoms with Crippen molar-refractivity contribution in [1.82, 2.24) is 4.58 Å². The number of carbonyl (C=O) groups is 1. The van der Waals surface area contributed by atoms with Gasteiger partial charge in [0.25, 0.3) is 0 Å². The van der Waals surface area contributed by atoms with E-state index < -0.39 is 5.97 Å². The maximum Gasteiger partial charge on any atom is 0.336 e. The standard InChI is InChI=1S/C26H26N2O3/c1-6-28(5)22-15-24-21(13-16(22)2)25(18-9-7-8-10-19(18)26(29)30)20-12-11-17(27(3)4)14-23(20)31-24/h7-15H,6H2,1-5H3/p+1. The van der Waals surface area contributed by atoms with Gasteiger partial charge in [-0.1, -0.05) is 18.2 Å². The van der Waals surface area contributed by atoms with Gasteiger partial charge in [0.15, 0.2) is 0 Å². The molecule has 1 aliphatic carbocycles. The molecular weight excluding hydrogens is 388 g/mol. The number of aromatic carboxylic acids is 1. The van der Waals surface area contributed by atoms with E-state index in [1.165, 1.54) is 0 Å². The van der Waals surface area contributed by atoms with Crippen LogP contribution in [0.3, 0.4) is 0 Å². The third kappa shape index (κ3) is 3.56. The zero-order chi connectivity index (χ0) is 22.3. The van der Waals surface area contributed by atoms with Gasteiger partial charge in [-0.3, -0.25) is 0 Å². The largest absolute Gasteiger partial charge is 0.478 e. The number of fused-ring (bicyclic) bond motifs is 2. The summed E-state index contributed by atoms with van der Waals surface area (Å²) < 4.78 is 8.57. The molecule has 0 spiro atoms. The number of nitrogens with zero attached hydrogens (tertiary/aromatic N) is 2. The van der Waals surface area contributed by atoms with Crippen LogP contribution in [-0.2, 0) is 0 Å². The van der Waals surface area contributed by atoms with Crippen LogP contribution in [0.2, 0.25) is 0 Å². The first kappa shape index (κ1) is 20.7. The minimum atomic E-state index is -0.943. The lowest BCUT2D eigenvalue weighted by atomic mass is 9.90. The highest BCUT2D eigenvalue weighted by Gasteiger charge is 2.23. The van der Waals surface area contributed by atoms with E-state index in [9.17, 15) is 9.90 Å². The molecule has 31 heavy (non-hydrogen) atoms. The predicted octanol–water partition coefficient (Wildman–Crippen LogP) is 4.70. The Labute approximate surface area is 181 Å². The lowest BCUT2D eigenvalue weighted by molar-refractivity contribution is 0.0697. The van der Waals surface area contributed by atoms with Gasteiger partial charge in [-0.25, -0.2) is 9.37 Å². The minimum Gasteiger partial charge on any atom is -0.478 e. The van der Waals surface area contributed by atoms with E-state index in [2.05, 4.69) is 37.6 Å². The number of benzene rings is 3. The number of anilines is 1. The molecule has 0 unspecified atom stereocenters. The summed E-state index contributed by atoms with van der Waals surface area (Å²) in [5, 5.41) is 11.8. The van der Waals surface area contributed by atoms with Crippen LogP contribution in [0.4, 0.5) is 5.69 Å². The van der Waals surface area contributed by atoms with Crippen molar-refractivity contribution in [3.05, 3.63) is 71.1 Å². The highest BCUT2D eigenvalue weighted by atomic mass is 16.4. The van der Waals surface area contributed by atoms with Gasteiger partial charge in [-0.15, -0.1) is 0 Å². The molecule has 5 nitrogen and oxygen atoms in total. The zero-order valence-electron chi connectivity index (χ0n) is 18.6. The van der Waals surface area contributed by atoms with Gasteiger partial charge in [-0.2, -0.15) is 0 Å². The summed E-state index contributed by atoms with van der Waals surface area (Å²) in [5.41, 5.74) is 5.62. The second-order valence-electron chi connectivity index (χ2n) is 8.05. The Hall–Kier alpha value is -3.60. The molecule has 0 bridgehead atoms. The number of rotatable bonds is 4. The molecule has 0 aromatic heterocycles. The monoisotopic (exact) mass is 415 g/mol. The van der Waals surface area contributed by atoms with Gasteiger partial charge in [-0.05, 0) is 43.7 Å². The molecule has 2 aromatic rings. The number of hydrogen-bond acceptors (Lipinski definition) is 3. The number of aryl methyl sites for hydroxylation is 1. The van der Waals surface area contributed by atoms with Gasteiger partial charge in [0.1, 0.15) is 24.9 Å². The minimum absolute atomic E-state index is 0.278. The topological polar surface area (TPSA) is 56.7 Å². The van der Waals surface area contributed by atoms with Crippen LogP contribution in [0.25, 0.3) is 33.4 Å². The van der Waals surface area contributed by atoms with Gasteiger partial charge in [0, 0.05) is 47.9 Å². The van der Waals surface area contributed by atoms with Crippen LogP contribution in [0.5, 0.6) is 0 Å². The van der Waals surface area contributed by atoms with E-state index in [1.54, 1.807) is 12.1 Å². The van der Waals surface area contributed by atoms with E-state index in [4.69, 9.17) is 4.42 Å². The van der Waals surface area contributed by atoms with Crippen molar-refractivity contribution in [2.75, 3.05) is 32.6 Å². The molecule has 1 N–H and O–H groups in total. The van der Waals surface area contributed by atoms with Crippen molar-refractivity contribution < 1.29 is 14.3 Å². The Morgan fingerprint density at radius 3 is 2.48 bits per heavy atom. The fraction of sp³-hybridized carbons (Fsp3) is 0.231. The van der Waals surface area contributed by atoms with Gasteiger partial charge in [0.2, 0.25) is 5.36 Å². The average Bonchev–Trinajstić information content (AvgIpc) is 2.76. The van der Waals surface area contributed by atoms with Crippen LogP contribution in [0.1, 0.15) is 22.8 Å². The molecule has 2 aliphatic rings. The van der Waals surface area contributed by atoms with Crippen LogP contribution in [0, 0.1) is 6.92 Å². The zero-order valence-corrected chi connectivity index (χ0v) is 18.6. The SMILES string of the molecule is CC/[N+](C)=c1\cc2oc3cc(N(C)C)ccc3c(-c3ccccc3C(=O)O)c-2cc1C. The van der Waals surface area contributed by atoms with Crippen LogP contribution in [0.15, 0.2) is 59.0 Å². The van der Waals surface area contributed by atoms with Crippen molar-refractivity contribution in [3.63, 3.8) is 0 Å². The molecule has 0 radical (unpaired) electrons. The Morgan fingerprint density at radius 2 is 1.81 bits per heavy atom. The molecule has 0 saturated heterocycles. The quantitative estimate of drug-likeness (QED) is 0.388. The van der Waals surface area contributed by atoms with Crippen LogP contribution >= 0.6 is 0 Å². The summed E-state index contributed by atoms with van der Waals surface area (Å²) in [6, 6.07) is 17.4. The van der Waals surface area contributed by atoms with Gasteiger partial charge >= 0.3 is 5.97 Å². The first-order valence-corrected chi connectivity index (χ1v) is 10.4. The first-order valence-electron chi connectivity index (χ1n) is 10.4. The van der Waals surface area contributed by atoms with E-state index >= 15 is 0 Å². The van der Waals surface area contributed by atoms with E-state index in [0.29, 0.717) is 5.56 Å². The number of hydrogen-bond donors (Lipinski definition) is 1. The van der Waals surface area contributed by atoms with E-state index in [-0.39, 0.29) is 5.56 Å². The van der Waals surface area contributed by atoms with Gasteiger partial charge < -0.3 is 14.4 Å². The third-order valence-electron chi connectivity index (χ3n) is 5.85. The van der Waals surface area contributed by atoms with Crippen molar-refractivity contribution in [1.29, 1.82) is 0 Å². The fourth-order valence-electron chi connectivity index (χ4n) is 4.06. The molecule has 1 heterocycles. The van der Waals surface area contributed by atoms with Crippen molar-refractivity contribution in [2.45, 2.75) is 13.8 Å². The van der Waals surface area contributed by atoms with Crippen LogP contribution in [-0.4, -0.2) is 38.8 Å². The molecule has 0 amide bonds. The number of carboxylic acids is 1. The maximum absolute atomic E-state index is 12.0. The molecule has 0 atom stereocenters. The van der Waals surface area contributed by atoms with E-state index in [0.717, 1.165) is 51.0 Å². The maximum atomic E-state index is 12.0. The molecule has 5 heteroatoms. The summed E-state index contributed by atoms with van der Waals surface area (Å²) in [6.07, 6.45) is 0. The lowest BCUT2D eigenvalue weighted by Gasteiger charge is -2.19. The molecule has 1 aliphatic heterocycles. The first-order chi connectivity index (χ1) is 14.8. The second kappa shape index (κ2) is 7.91. The Bertz CT molecular complexity index is 1350. The molecule has 158 valence electrons. The van der Waals surface area contributed by atoms with E-state index in [1.807, 2.05) is 49.3 Å². The molecule has 0 fully saturated rings. The summed E-state index contributed by atoms with van der Waals surface area (Å²) in [6.45, 7) is 5.06. The predicted molar refractivity (Wildman–Crippen MR) is 126 cm³/mol. The van der Waals surface area contributed by atoms with Crippen LogP contribution < -0.4 is 14.8 Å². The molecular formula is C26H27N2O3+. The molecule has 0 saturated carbocycles. The Kier molecular flexibility index (Phi) is 5.27. The highest BCUT2D eigenvalue weighted by molar-refractivity contribution is 6.07. The molecule has 4 rings (SSSR count). The third-order valence-corrected chi connectivity index (χ3v) is 5.85. The lowest BCUT2D eigenvalue weighted by Crippen LogP contribution is -2.28. The van der Waals surface area contributed by atoms with Crippen molar-refractivity contribution in [2.24, 2.45) is 0 Å². The summed E-state index contributed by atoms with van der Waals surface area (Å²) in [7, 11) is 6.03. The number of carboxylic acid groups (broad SMARTS) is 1.